The molecule has 0 aliphatic carbocycles. The summed E-state index contributed by atoms with van der Waals surface area (Å²) in [4.78, 5) is 11.7. The summed E-state index contributed by atoms with van der Waals surface area (Å²) in [5, 5.41) is 2.17. The number of amides is 1. The minimum atomic E-state index is -1.30. The summed E-state index contributed by atoms with van der Waals surface area (Å²) in [5.74, 6) is -4.15. The van der Waals surface area contributed by atoms with Gasteiger partial charge in [-0.3, -0.25) is 4.79 Å². The van der Waals surface area contributed by atoms with Gasteiger partial charge in [-0.25, -0.2) is 13.2 Å². The molecule has 2 rings (SSSR count). The lowest BCUT2D eigenvalue weighted by Crippen LogP contribution is -2.13. The third-order valence-corrected chi connectivity index (χ3v) is 2.29. The molecule has 0 aliphatic heterocycles. The van der Waals surface area contributed by atoms with Crippen molar-refractivity contribution in [2.45, 2.75) is 0 Å². The number of carbonyl (C=O) groups excluding carboxylic acids is 1. The molecule has 0 radical (unpaired) electrons. The largest absolute Gasteiger partial charge is 0.319 e. The molecule has 18 heavy (non-hydrogen) atoms. The van der Waals surface area contributed by atoms with Gasteiger partial charge in [-0.15, -0.1) is 0 Å². The monoisotopic (exact) mass is 251 g/mol. The van der Waals surface area contributed by atoms with E-state index in [9.17, 15) is 18.0 Å². The van der Waals surface area contributed by atoms with Crippen LogP contribution in [0.4, 0.5) is 18.9 Å². The Kier molecular flexibility index (Phi) is 3.32. The quantitative estimate of drug-likeness (QED) is 0.815. The number of anilines is 1. The smallest absolute Gasteiger partial charge is 0.255 e. The number of rotatable bonds is 2. The van der Waals surface area contributed by atoms with Gasteiger partial charge in [0.1, 0.15) is 5.82 Å². The van der Waals surface area contributed by atoms with Crippen molar-refractivity contribution >= 4 is 11.6 Å². The van der Waals surface area contributed by atoms with Crippen LogP contribution in [0.5, 0.6) is 0 Å². The molecule has 0 aliphatic rings. The highest BCUT2D eigenvalue weighted by Crippen LogP contribution is 2.19. The van der Waals surface area contributed by atoms with Gasteiger partial charge in [0.05, 0.1) is 5.69 Å². The number of halogens is 3. The van der Waals surface area contributed by atoms with Crippen LogP contribution in [-0.2, 0) is 0 Å². The molecule has 0 spiro atoms. The van der Waals surface area contributed by atoms with Crippen molar-refractivity contribution in [2.24, 2.45) is 0 Å². The van der Waals surface area contributed by atoms with Crippen LogP contribution in [0, 0.1) is 17.5 Å². The Hall–Kier alpha value is -2.30. The summed E-state index contributed by atoms with van der Waals surface area (Å²) < 4.78 is 38.9. The van der Waals surface area contributed by atoms with Crippen molar-refractivity contribution in [3.8, 4) is 0 Å². The highest BCUT2D eigenvalue weighted by molar-refractivity contribution is 6.04. The fraction of sp³-hybridized carbons (Fsp3) is 0. The van der Waals surface area contributed by atoms with Gasteiger partial charge < -0.3 is 5.32 Å². The van der Waals surface area contributed by atoms with Crippen LogP contribution < -0.4 is 5.32 Å². The second-order valence-electron chi connectivity index (χ2n) is 3.57. The first-order valence-electron chi connectivity index (χ1n) is 5.09. The topological polar surface area (TPSA) is 29.1 Å². The Morgan fingerprint density at radius 1 is 0.889 bits per heavy atom. The Labute approximate surface area is 101 Å². The Balaban J connectivity index is 2.25. The highest BCUT2D eigenvalue weighted by atomic mass is 19.2. The predicted molar refractivity (Wildman–Crippen MR) is 60.7 cm³/mol. The lowest BCUT2D eigenvalue weighted by atomic mass is 10.2. The molecule has 0 unspecified atom stereocenters. The van der Waals surface area contributed by atoms with E-state index in [0.717, 1.165) is 0 Å². The van der Waals surface area contributed by atoms with Crippen LogP contribution >= 0.6 is 0 Å². The third kappa shape index (κ3) is 2.51. The Morgan fingerprint density at radius 3 is 2.17 bits per heavy atom. The van der Waals surface area contributed by atoms with E-state index in [1.807, 2.05) is 0 Å². The van der Waals surface area contributed by atoms with Crippen LogP contribution in [-0.4, -0.2) is 5.91 Å². The predicted octanol–water partition coefficient (Wildman–Crippen LogP) is 3.36. The summed E-state index contributed by atoms with van der Waals surface area (Å²) in [6.45, 7) is 0. The second-order valence-corrected chi connectivity index (χ2v) is 3.57. The Morgan fingerprint density at radius 2 is 1.50 bits per heavy atom. The maximum absolute atomic E-state index is 13.3. The van der Waals surface area contributed by atoms with Crippen LogP contribution in [0.3, 0.4) is 0 Å². The summed E-state index contributed by atoms with van der Waals surface area (Å²) in [7, 11) is 0. The maximum Gasteiger partial charge on any atom is 0.255 e. The van der Waals surface area contributed by atoms with E-state index < -0.39 is 29.0 Å². The van der Waals surface area contributed by atoms with Crippen LogP contribution in [0.1, 0.15) is 10.4 Å². The summed E-state index contributed by atoms with van der Waals surface area (Å²) in [5.41, 5.74) is -0.107. The molecule has 1 amide bonds. The molecule has 0 fully saturated rings. The molecule has 1 N–H and O–H groups in total. The first-order chi connectivity index (χ1) is 8.58. The molecule has 0 atom stereocenters. The lowest BCUT2D eigenvalue weighted by Gasteiger charge is -2.06. The summed E-state index contributed by atoms with van der Waals surface area (Å²) >= 11 is 0. The van der Waals surface area contributed by atoms with Gasteiger partial charge in [0.15, 0.2) is 11.6 Å². The lowest BCUT2D eigenvalue weighted by molar-refractivity contribution is 0.102. The minimum absolute atomic E-state index is 0.293. The molecule has 0 heterocycles. The van der Waals surface area contributed by atoms with Gasteiger partial charge in [0, 0.05) is 17.7 Å². The highest BCUT2D eigenvalue weighted by Gasteiger charge is 2.13. The average Bonchev–Trinajstić information content (AvgIpc) is 2.37. The molecule has 2 aromatic rings. The van der Waals surface area contributed by atoms with E-state index in [0.29, 0.717) is 17.7 Å². The molecule has 0 saturated heterocycles. The van der Waals surface area contributed by atoms with Crippen molar-refractivity contribution in [3.05, 3.63) is 65.5 Å². The molecule has 2 nitrogen and oxygen atoms in total. The average molecular weight is 251 g/mol. The zero-order valence-corrected chi connectivity index (χ0v) is 9.08. The maximum atomic E-state index is 13.3. The number of carbonyl (C=O) groups is 1. The van der Waals surface area contributed by atoms with Gasteiger partial charge in [-0.1, -0.05) is 18.2 Å². The van der Waals surface area contributed by atoms with E-state index in [1.54, 1.807) is 18.2 Å². The number of nitrogens with one attached hydrogen (secondary N) is 1. The zero-order chi connectivity index (χ0) is 13.1. The van der Waals surface area contributed by atoms with Crippen LogP contribution in [0.15, 0.2) is 42.5 Å². The molecule has 0 bridgehead atoms. The molecule has 0 aromatic heterocycles. The van der Waals surface area contributed by atoms with Gasteiger partial charge in [0.2, 0.25) is 0 Å². The van der Waals surface area contributed by atoms with Crippen molar-refractivity contribution < 1.29 is 18.0 Å². The third-order valence-electron chi connectivity index (χ3n) is 2.29. The zero-order valence-electron chi connectivity index (χ0n) is 9.08. The molecule has 2 aromatic carbocycles. The van der Waals surface area contributed by atoms with Crippen molar-refractivity contribution in [2.75, 3.05) is 5.32 Å². The fourth-order valence-electron chi connectivity index (χ4n) is 1.40. The number of benzene rings is 2. The Bertz CT molecular complexity index is 584. The summed E-state index contributed by atoms with van der Waals surface area (Å²) in [6, 6.07) is 9.02. The van der Waals surface area contributed by atoms with E-state index >= 15 is 0 Å². The van der Waals surface area contributed by atoms with E-state index in [2.05, 4.69) is 5.32 Å². The van der Waals surface area contributed by atoms with Gasteiger partial charge >= 0.3 is 0 Å². The molecule has 5 heteroatoms. The number of hydrogen-bond acceptors (Lipinski definition) is 1. The molecular formula is C13H8F3NO. The first kappa shape index (κ1) is 12.2. The van der Waals surface area contributed by atoms with Crippen LogP contribution in [0.2, 0.25) is 0 Å². The van der Waals surface area contributed by atoms with Gasteiger partial charge in [-0.2, -0.15) is 0 Å². The van der Waals surface area contributed by atoms with E-state index in [4.69, 9.17) is 0 Å². The van der Waals surface area contributed by atoms with Crippen molar-refractivity contribution in [1.82, 2.24) is 0 Å². The second kappa shape index (κ2) is 4.91. The van der Waals surface area contributed by atoms with E-state index in [-0.39, 0.29) is 0 Å². The van der Waals surface area contributed by atoms with Crippen LogP contribution in [0.25, 0.3) is 0 Å². The first-order valence-corrected chi connectivity index (χ1v) is 5.09. The normalized spacial score (nSPS) is 10.2. The molecular weight excluding hydrogens is 243 g/mol. The van der Waals surface area contributed by atoms with Crippen molar-refractivity contribution in [3.63, 3.8) is 0 Å². The van der Waals surface area contributed by atoms with E-state index in [1.165, 1.54) is 12.1 Å². The fourth-order valence-corrected chi connectivity index (χ4v) is 1.40. The van der Waals surface area contributed by atoms with Gasteiger partial charge in [-0.05, 0) is 12.1 Å². The SMILES string of the molecule is O=C(Nc1cc(F)c(F)cc1F)c1ccccc1. The summed E-state index contributed by atoms with van der Waals surface area (Å²) in [6.07, 6.45) is 0. The minimum Gasteiger partial charge on any atom is -0.319 e. The number of hydrogen-bond donors (Lipinski definition) is 1. The molecule has 0 saturated carbocycles. The van der Waals surface area contributed by atoms with Gasteiger partial charge in [0.25, 0.3) is 5.91 Å². The molecule has 92 valence electrons. The van der Waals surface area contributed by atoms with Crippen molar-refractivity contribution in [1.29, 1.82) is 0 Å². The standard InChI is InChI=1S/C13H8F3NO/c14-9-6-11(16)12(7-10(9)15)17-13(18)8-4-2-1-3-5-8/h1-7H,(H,17,18).